The molecule has 0 spiro atoms. The molecule has 8 heteroatoms. The predicted octanol–water partition coefficient (Wildman–Crippen LogP) is 3.12. The Balaban J connectivity index is 0.00000300. The third-order valence-electron chi connectivity index (χ3n) is 4.99. The Hall–Kier alpha value is -1.23. The van der Waals surface area contributed by atoms with Crippen molar-refractivity contribution in [2.45, 2.75) is 33.4 Å². The van der Waals surface area contributed by atoms with Gasteiger partial charge in [-0.3, -0.25) is 9.89 Å². The highest BCUT2D eigenvalue weighted by molar-refractivity contribution is 14.0. The molecule has 2 N–H and O–H groups in total. The van der Waals surface area contributed by atoms with Crippen LogP contribution in [0, 0.1) is 13.8 Å². The smallest absolute Gasteiger partial charge is 0.191 e. The molecule has 3 rings (SSSR count). The zero-order chi connectivity index (χ0) is 19.8. The molecule has 1 aliphatic rings. The van der Waals surface area contributed by atoms with Gasteiger partial charge in [0, 0.05) is 51.1 Å². The van der Waals surface area contributed by atoms with Gasteiger partial charge in [0.15, 0.2) is 5.96 Å². The number of halogens is 1. The molecule has 0 radical (unpaired) electrons. The number of nitrogens with one attached hydrogen (secondary N) is 2. The van der Waals surface area contributed by atoms with E-state index >= 15 is 0 Å². The minimum Gasteiger partial charge on any atom is -0.379 e. The van der Waals surface area contributed by atoms with Crippen LogP contribution >= 0.6 is 35.3 Å². The van der Waals surface area contributed by atoms with Crippen molar-refractivity contribution in [3.05, 3.63) is 51.0 Å². The molecule has 1 aliphatic heterocycles. The number of nitrogens with zero attached hydrogens (tertiary/aromatic N) is 3. The zero-order valence-electron chi connectivity index (χ0n) is 17.5. The van der Waals surface area contributed by atoms with E-state index in [0.29, 0.717) is 0 Å². The number of aliphatic imine (C=N–C) groups is 1. The molecule has 1 aromatic heterocycles. The van der Waals surface area contributed by atoms with Crippen LogP contribution in [0.5, 0.6) is 0 Å². The van der Waals surface area contributed by atoms with Crippen molar-refractivity contribution in [3.8, 4) is 0 Å². The molecule has 2 heterocycles. The fourth-order valence-corrected chi connectivity index (χ4v) is 4.15. The summed E-state index contributed by atoms with van der Waals surface area (Å²) in [6, 6.07) is 8.63. The number of guanidine groups is 1. The van der Waals surface area contributed by atoms with E-state index in [1.54, 1.807) is 11.3 Å². The normalized spacial score (nSPS) is 15.1. The van der Waals surface area contributed by atoms with Crippen LogP contribution in [-0.4, -0.2) is 55.7 Å². The lowest BCUT2D eigenvalue weighted by Crippen LogP contribution is -2.38. The van der Waals surface area contributed by atoms with E-state index < -0.39 is 0 Å². The Bertz CT molecular complexity index is 770. The number of hydrogen-bond donors (Lipinski definition) is 2. The van der Waals surface area contributed by atoms with Gasteiger partial charge < -0.3 is 15.4 Å². The molecular weight excluding hydrogens is 497 g/mol. The van der Waals surface area contributed by atoms with Gasteiger partial charge in [-0.05, 0) is 25.0 Å². The number of hydrogen-bond acceptors (Lipinski definition) is 5. The quantitative estimate of drug-likeness (QED) is 0.328. The number of ether oxygens (including phenoxy) is 1. The molecule has 0 amide bonds. The summed E-state index contributed by atoms with van der Waals surface area (Å²) in [7, 11) is 1.81. The monoisotopic (exact) mass is 529 g/mol. The number of thiazole rings is 1. The highest BCUT2D eigenvalue weighted by Gasteiger charge is 2.13. The molecule has 29 heavy (non-hydrogen) atoms. The van der Waals surface area contributed by atoms with Gasteiger partial charge in [-0.2, -0.15) is 0 Å². The fourth-order valence-electron chi connectivity index (χ4n) is 3.22. The van der Waals surface area contributed by atoms with Crippen molar-refractivity contribution in [3.63, 3.8) is 0 Å². The second-order valence-electron chi connectivity index (χ2n) is 7.01. The Morgan fingerprint density at radius 2 is 1.90 bits per heavy atom. The molecule has 1 saturated heterocycles. The summed E-state index contributed by atoms with van der Waals surface area (Å²) in [5, 5.41) is 8.02. The number of aromatic nitrogens is 1. The molecular formula is C21H32IN5OS. The molecule has 1 aromatic carbocycles. The molecule has 1 fully saturated rings. The molecule has 0 saturated carbocycles. The molecule has 0 unspecified atom stereocenters. The molecule has 160 valence electrons. The summed E-state index contributed by atoms with van der Waals surface area (Å²) < 4.78 is 5.46. The second-order valence-corrected chi connectivity index (χ2v) is 8.30. The van der Waals surface area contributed by atoms with Crippen LogP contribution in [0.1, 0.15) is 26.7 Å². The van der Waals surface area contributed by atoms with Gasteiger partial charge in [0.25, 0.3) is 0 Å². The van der Waals surface area contributed by atoms with Gasteiger partial charge >= 0.3 is 0 Å². The van der Waals surface area contributed by atoms with Crippen LogP contribution < -0.4 is 10.6 Å². The fraction of sp³-hybridized carbons (Fsp3) is 0.524. The number of benzene rings is 1. The van der Waals surface area contributed by atoms with E-state index in [1.807, 2.05) is 7.05 Å². The van der Waals surface area contributed by atoms with E-state index in [0.717, 1.165) is 64.0 Å². The van der Waals surface area contributed by atoms with Gasteiger partial charge in [0.1, 0.15) is 0 Å². The largest absolute Gasteiger partial charge is 0.379 e. The van der Waals surface area contributed by atoms with E-state index in [2.05, 4.69) is 63.6 Å². The topological polar surface area (TPSA) is 61.8 Å². The maximum atomic E-state index is 5.46. The van der Waals surface area contributed by atoms with Crippen LogP contribution in [0.2, 0.25) is 0 Å². The minimum absolute atomic E-state index is 0. The van der Waals surface area contributed by atoms with Crippen molar-refractivity contribution in [1.29, 1.82) is 0 Å². The number of morpholine rings is 1. The average molecular weight is 529 g/mol. The van der Waals surface area contributed by atoms with E-state index in [4.69, 9.17) is 4.74 Å². The van der Waals surface area contributed by atoms with E-state index in [1.165, 1.54) is 21.0 Å². The molecule has 2 aromatic rings. The first-order chi connectivity index (χ1) is 13.7. The molecule has 0 atom stereocenters. The maximum Gasteiger partial charge on any atom is 0.191 e. The highest BCUT2D eigenvalue weighted by atomic mass is 127. The third-order valence-corrected chi connectivity index (χ3v) is 6.12. The molecule has 0 bridgehead atoms. The van der Waals surface area contributed by atoms with Gasteiger partial charge in [0.05, 0.1) is 23.9 Å². The summed E-state index contributed by atoms with van der Waals surface area (Å²) in [5.41, 5.74) is 3.81. The minimum atomic E-state index is 0. The third kappa shape index (κ3) is 7.51. The Kier molecular flexibility index (Phi) is 10.3. The van der Waals surface area contributed by atoms with Crippen LogP contribution in [0.3, 0.4) is 0 Å². The van der Waals surface area contributed by atoms with Gasteiger partial charge in [0.2, 0.25) is 0 Å². The first kappa shape index (κ1) is 24.0. The lowest BCUT2D eigenvalue weighted by molar-refractivity contribution is 0.0341. The lowest BCUT2D eigenvalue weighted by Gasteiger charge is -2.27. The van der Waals surface area contributed by atoms with Crippen LogP contribution in [0.25, 0.3) is 0 Å². The lowest BCUT2D eigenvalue weighted by atomic mass is 10.1. The van der Waals surface area contributed by atoms with Crippen LogP contribution in [-0.2, 0) is 24.2 Å². The van der Waals surface area contributed by atoms with Crippen molar-refractivity contribution < 1.29 is 4.74 Å². The van der Waals surface area contributed by atoms with Crippen molar-refractivity contribution in [2.24, 2.45) is 4.99 Å². The van der Waals surface area contributed by atoms with E-state index in [-0.39, 0.29) is 24.0 Å². The highest BCUT2D eigenvalue weighted by Crippen LogP contribution is 2.16. The predicted molar refractivity (Wildman–Crippen MR) is 131 cm³/mol. The zero-order valence-corrected chi connectivity index (χ0v) is 20.7. The van der Waals surface area contributed by atoms with Crippen molar-refractivity contribution in [1.82, 2.24) is 20.5 Å². The summed E-state index contributed by atoms with van der Waals surface area (Å²) in [6.07, 6.45) is 0.910. The van der Waals surface area contributed by atoms with Crippen LogP contribution in [0.15, 0.2) is 29.3 Å². The molecule has 0 aliphatic carbocycles. The standard InChI is InChI=1S/C21H31N5OS.HI/c1-16-17(2)28-20(25-16)8-9-23-21(22-3)24-14-18-6-4-5-7-19(18)15-26-10-12-27-13-11-26;/h4-7H,8-15H2,1-3H3,(H2,22,23,24);1H. The van der Waals surface area contributed by atoms with Crippen molar-refractivity contribution >= 4 is 41.3 Å². The summed E-state index contributed by atoms with van der Waals surface area (Å²) >= 11 is 1.78. The average Bonchev–Trinajstić information content (AvgIpc) is 3.03. The van der Waals surface area contributed by atoms with E-state index in [9.17, 15) is 0 Å². The van der Waals surface area contributed by atoms with Gasteiger partial charge in [-0.1, -0.05) is 24.3 Å². The number of aryl methyl sites for hydroxylation is 2. The Labute approximate surface area is 195 Å². The second kappa shape index (κ2) is 12.5. The first-order valence-corrected chi connectivity index (χ1v) is 10.7. The van der Waals surface area contributed by atoms with Crippen LogP contribution in [0.4, 0.5) is 0 Å². The summed E-state index contributed by atoms with van der Waals surface area (Å²) in [6.45, 7) is 10.4. The first-order valence-electron chi connectivity index (χ1n) is 9.90. The summed E-state index contributed by atoms with van der Waals surface area (Å²) in [4.78, 5) is 12.7. The SMILES string of the molecule is CN=C(NCCc1nc(C)c(C)s1)NCc1ccccc1CN1CCOCC1.I. The van der Waals surface area contributed by atoms with Crippen molar-refractivity contribution in [2.75, 3.05) is 39.9 Å². The maximum absolute atomic E-state index is 5.46. The molecule has 6 nitrogen and oxygen atoms in total. The Morgan fingerprint density at radius 1 is 1.17 bits per heavy atom. The summed E-state index contributed by atoms with van der Waals surface area (Å²) in [5.74, 6) is 0.825. The number of rotatable bonds is 7. The van der Waals surface area contributed by atoms with Gasteiger partial charge in [-0.25, -0.2) is 4.98 Å². The Morgan fingerprint density at radius 3 is 2.55 bits per heavy atom. The van der Waals surface area contributed by atoms with Gasteiger partial charge in [-0.15, -0.1) is 35.3 Å².